The van der Waals surface area contributed by atoms with E-state index in [2.05, 4.69) is 34.2 Å². The van der Waals surface area contributed by atoms with Gasteiger partial charge in [0.1, 0.15) is 5.82 Å². The van der Waals surface area contributed by atoms with Crippen molar-refractivity contribution in [2.24, 2.45) is 5.73 Å². The van der Waals surface area contributed by atoms with Gasteiger partial charge < -0.3 is 5.73 Å². The van der Waals surface area contributed by atoms with Gasteiger partial charge in [0, 0.05) is 15.8 Å². The van der Waals surface area contributed by atoms with Gasteiger partial charge in [0.25, 0.3) is 0 Å². The van der Waals surface area contributed by atoms with Crippen molar-refractivity contribution in [1.29, 1.82) is 0 Å². The standard InChI is InChI=1S/C11H16N4S2/c1-6-4-5-9(16-6)10(7(2)12)17-11-13-8(3)14-15-11/h4-5,7,10H,12H2,1-3H3,(H,13,14,15). The molecule has 6 heteroatoms. The molecule has 0 spiro atoms. The fraction of sp³-hybridized carbons (Fsp3) is 0.455. The molecule has 2 heterocycles. The number of aromatic amines is 1. The lowest BCUT2D eigenvalue weighted by Gasteiger charge is -2.16. The maximum atomic E-state index is 6.05. The summed E-state index contributed by atoms with van der Waals surface area (Å²) >= 11 is 3.40. The second-order valence-electron chi connectivity index (χ2n) is 4.05. The maximum absolute atomic E-state index is 6.05. The predicted molar refractivity (Wildman–Crippen MR) is 72.4 cm³/mol. The van der Waals surface area contributed by atoms with E-state index in [1.807, 2.05) is 13.8 Å². The average Bonchev–Trinajstić information content (AvgIpc) is 2.83. The molecule has 0 fully saturated rings. The molecular formula is C11H16N4S2. The van der Waals surface area contributed by atoms with Crippen molar-refractivity contribution in [3.8, 4) is 0 Å². The van der Waals surface area contributed by atoms with Gasteiger partial charge in [-0.05, 0) is 32.9 Å². The van der Waals surface area contributed by atoms with Crippen LogP contribution in [0.5, 0.6) is 0 Å². The van der Waals surface area contributed by atoms with Crippen LogP contribution in [-0.2, 0) is 0 Å². The normalized spacial score (nSPS) is 14.8. The highest BCUT2D eigenvalue weighted by atomic mass is 32.2. The zero-order chi connectivity index (χ0) is 12.4. The third-order valence-corrected chi connectivity index (χ3v) is 4.89. The van der Waals surface area contributed by atoms with Crippen LogP contribution in [0, 0.1) is 13.8 Å². The summed E-state index contributed by atoms with van der Waals surface area (Å²) in [6.07, 6.45) is 0. The summed E-state index contributed by atoms with van der Waals surface area (Å²) in [7, 11) is 0. The van der Waals surface area contributed by atoms with Crippen LogP contribution in [0.2, 0.25) is 0 Å². The molecule has 2 unspecified atom stereocenters. The highest BCUT2D eigenvalue weighted by Crippen LogP contribution is 2.38. The van der Waals surface area contributed by atoms with E-state index in [0.717, 1.165) is 11.0 Å². The molecule has 2 atom stereocenters. The molecule has 0 saturated heterocycles. The number of nitrogens with one attached hydrogen (secondary N) is 1. The number of hydrogen-bond donors (Lipinski definition) is 2. The van der Waals surface area contributed by atoms with Gasteiger partial charge in [0.2, 0.25) is 5.16 Å². The van der Waals surface area contributed by atoms with Crippen molar-refractivity contribution in [2.75, 3.05) is 0 Å². The smallest absolute Gasteiger partial charge is 0.209 e. The zero-order valence-electron chi connectivity index (χ0n) is 10.1. The fourth-order valence-electron chi connectivity index (χ4n) is 1.52. The van der Waals surface area contributed by atoms with E-state index in [1.54, 1.807) is 23.1 Å². The predicted octanol–water partition coefficient (Wildman–Crippen LogP) is 2.66. The van der Waals surface area contributed by atoms with Gasteiger partial charge in [0.05, 0.1) is 5.25 Å². The van der Waals surface area contributed by atoms with Crippen LogP contribution in [0.1, 0.15) is 27.8 Å². The molecule has 0 bridgehead atoms. The van der Waals surface area contributed by atoms with Crippen LogP contribution in [0.3, 0.4) is 0 Å². The van der Waals surface area contributed by atoms with Gasteiger partial charge in [-0.1, -0.05) is 11.8 Å². The number of thioether (sulfide) groups is 1. The fourth-order valence-corrected chi connectivity index (χ4v) is 3.71. The van der Waals surface area contributed by atoms with E-state index in [1.165, 1.54) is 9.75 Å². The molecule has 2 aromatic rings. The summed E-state index contributed by atoms with van der Waals surface area (Å²) < 4.78 is 0. The van der Waals surface area contributed by atoms with Gasteiger partial charge >= 0.3 is 0 Å². The lowest BCUT2D eigenvalue weighted by Crippen LogP contribution is -2.22. The summed E-state index contributed by atoms with van der Waals surface area (Å²) in [5.74, 6) is 0.832. The Bertz CT molecular complexity index is 489. The Hall–Kier alpha value is -0.850. The Labute approximate surface area is 109 Å². The number of aromatic nitrogens is 3. The molecule has 0 aliphatic rings. The minimum atomic E-state index is 0.0665. The molecule has 0 aliphatic carbocycles. The molecule has 2 rings (SSSR count). The van der Waals surface area contributed by atoms with Gasteiger partial charge in [-0.15, -0.1) is 16.4 Å². The third kappa shape index (κ3) is 3.08. The molecule has 4 nitrogen and oxygen atoms in total. The van der Waals surface area contributed by atoms with E-state index in [9.17, 15) is 0 Å². The first kappa shape index (κ1) is 12.6. The number of aryl methyl sites for hydroxylation is 2. The van der Waals surface area contributed by atoms with Crippen LogP contribution < -0.4 is 5.73 Å². The van der Waals surface area contributed by atoms with Crippen LogP contribution in [0.15, 0.2) is 17.3 Å². The first-order valence-electron chi connectivity index (χ1n) is 5.44. The molecule has 0 amide bonds. The molecule has 0 aromatic carbocycles. The monoisotopic (exact) mass is 268 g/mol. The highest BCUT2D eigenvalue weighted by Gasteiger charge is 2.21. The lowest BCUT2D eigenvalue weighted by atomic mass is 10.2. The van der Waals surface area contributed by atoms with E-state index in [-0.39, 0.29) is 11.3 Å². The van der Waals surface area contributed by atoms with E-state index in [0.29, 0.717) is 0 Å². The minimum Gasteiger partial charge on any atom is -0.327 e. The van der Waals surface area contributed by atoms with E-state index in [4.69, 9.17) is 5.73 Å². The molecular weight excluding hydrogens is 252 g/mol. The zero-order valence-corrected chi connectivity index (χ0v) is 11.7. The number of rotatable bonds is 4. The summed E-state index contributed by atoms with van der Waals surface area (Å²) in [6.45, 7) is 6.02. The first-order chi connectivity index (χ1) is 8.06. The van der Waals surface area contributed by atoms with Crippen molar-refractivity contribution >= 4 is 23.1 Å². The molecule has 92 valence electrons. The number of thiophene rings is 1. The Morgan fingerprint density at radius 3 is 2.65 bits per heavy atom. The lowest BCUT2D eigenvalue weighted by molar-refractivity contribution is 0.726. The summed E-state index contributed by atoms with van der Waals surface area (Å²) in [5, 5.41) is 7.97. The van der Waals surface area contributed by atoms with Crippen LogP contribution in [-0.4, -0.2) is 21.2 Å². The van der Waals surface area contributed by atoms with Crippen molar-refractivity contribution in [3.05, 3.63) is 27.7 Å². The van der Waals surface area contributed by atoms with Gasteiger partial charge in [0.15, 0.2) is 0 Å². The van der Waals surface area contributed by atoms with Crippen LogP contribution >= 0.6 is 23.1 Å². The van der Waals surface area contributed by atoms with Crippen LogP contribution in [0.25, 0.3) is 0 Å². The summed E-state index contributed by atoms with van der Waals surface area (Å²) in [6, 6.07) is 4.33. The minimum absolute atomic E-state index is 0.0665. The maximum Gasteiger partial charge on any atom is 0.209 e. The van der Waals surface area contributed by atoms with Crippen molar-refractivity contribution in [1.82, 2.24) is 15.2 Å². The molecule has 0 saturated carbocycles. The Balaban J connectivity index is 2.18. The van der Waals surface area contributed by atoms with E-state index >= 15 is 0 Å². The largest absolute Gasteiger partial charge is 0.327 e. The average molecular weight is 268 g/mol. The van der Waals surface area contributed by atoms with Gasteiger partial charge in [-0.2, -0.15) is 0 Å². The first-order valence-corrected chi connectivity index (χ1v) is 7.13. The number of nitrogens with two attached hydrogens (primary N) is 1. The second-order valence-corrected chi connectivity index (χ2v) is 6.48. The number of H-pyrrole nitrogens is 1. The molecule has 2 aromatic heterocycles. The number of nitrogens with zero attached hydrogens (tertiary/aromatic N) is 2. The molecule has 0 aliphatic heterocycles. The second kappa shape index (κ2) is 5.20. The third-order valence-electron chi connectivity index (χ3n) is 2.33. The Morgan fingerprint density at radius 1 is 1.41 bits per heavy atom. The SMILES string of the molecule is Cc1nc(SC(c2ccc(C)s2)C(C)N)n[nH]1. The van der Waals surface area contributed by atoms with Crippen molar-refractivity contribution in [3.63, 3.8) is 0 Å². The van der Waals surface area contributed by atoms with Crippen molar-refractivity contribution in [2.45, 2.75) is 37.2 Å². The van der Waals surface area contributed by atoms with Gasteiger partial charge in [-0.25, -0.2) is 4.98 Å². The number of hydrogen-bond acceptors (Lipinski definition) is 5. The van der Waals surface area contributed by atoms with Crippen LogP contribution in [0.4, 0.5) is 0 Å². The topological polar surface area (TPSA) is 67.6 Å². The summed E-state index contributed by atoms with van der Waals surface area (Å²) in [5.41, 5.74) is 6.05. The highest BCUT2D eigenvalue weighted by molar-refractivity contribution is 7.99. The van der Waals surface area contributed by atoms with Crippen molar-refractivity contribution < 1.29 is 0 Å². The molecule has 0 radical (unpaired) electrons. The van der Waals surface area contributed by atoms with E-state index < -0.39 is 0 Å². The molecule has 17 heavy (non-hydrogen) atoms. The quantitative estimate of drug-likeness (QED) is 0.837. The molecule has 3 N–H and O–H groups in total. The van der Waals surface area contributed by atoms with Gasteiger partial charge in [-0.3, -0.25) is 5.10 Å². The summed E-state index contributed by atoms with van der Waals surface area (Å²) in [4.78, 5) is 6.90. The Kier molecular flexibility index (Phi) is 3.86. The Morgan fingerprint density at radius 2 is 2.18 bits per heavy atom.